The standard InChI is InChI=1S/C30H33N3O5S/c1-22-13-15-25(16-14-22)39(36,37)32-19-7-10-24(20-32)30(35)33-21-28(38-27-12-6-5-11-26(27)33)29(34)31-18-17-23-8-3-2-4-9-23/h2-6,8-9,11-16,24,28H,7,10,17-21H2,1H3,(H,31,34). The summed E-state index contributed by atoms with van der Waals surface area (Å²) in [5.41, 5.74) is 2.69. The van der Waals surface area contributed by atoms with Crippen molar-refractivity contribution in [1.29, 1.82) is 0 Å². The van der Waals surface area contributed by atoms with Gasteiger partial charge in [0.05, 0.1) is 23.0 Å². The summed E-state index contributed by atoms with van der Waals surface area (Å²) in [5.74, 6) is -0.547. The van der Waals surface area contributed by atoms with Gasteiger partial charge < -0.3 is 15.0 Å². The van der Waals surface area contributed by atoms with Gasteiger partial charge in [-0.1, -0.05) is 60.2 Å². The van der Waals surface area contributed by atoms with Gasteiger partial charge in [-0.2, -0.15) is 4.31 Å². The van der Waals surface area contributed by atoms with Crippen molar-refractivity contribution in [2.75, 3.05) is 31.1 Å². The highest BCUT2D eigenvalue weighted by molar-refractivity contribution is 7.89. The van der Waals surface area contributed by atoms with Gasteiger partial charge in [-0.15, -0.1) is 0 Å². The second-order valence-corrected chi connectivity index (χ2v) is 12.0. The molecule has 2 heterocycles. The van der Waals surface area contributed by atoms with Crippen LogP contribution in [0.15, 0.2) is 83.8 Å². The number of benzene rings is 3. The SMILES string of the molecule is Cc1ccc(S(=O)(=O)N2CCCC(C(=O)N3CC(C(=O)NCCc4ccccc4)Oc4ccccc43)C2)cc1. The molecule has 2 amide bonds. The van der Waals surface area contributed by atoms with E-state index in [0.717, 1.165) is 11.1 Å². The molecule has 8 nitrogen and oxygen atoms in total. The normalized spacial score (nSPS) is 19.6. The lowest BCUT2D eigenvalue weighted by molar-refractivity contribution is -0.129. The van der Waals surface area contributed by atoms with Crippen LogP contribution in [0.3, 0.4) is 0 Å². The summed E-state index contributed by atoms with van der Waals surface area (Å²) in [7, 11) is -3.72. The maximum Gasteiger partial charge on any atom is 0.262 e. The van der Waals surface area contributed by atoms with Crippen molar-refractivity contribution in [2.45, 2.75) is 37.2 Å². The molecule has 2 aliphatic heterocycles. The van der Waals surface area contributed by atoms with Crippen LogP contribution in [0.5, 0.6) is 5.75 Å². The molecule has 0 radical (unpaired) electrons. The fraction of sp³-hybridized carbons (Fsp3) is 0.333. The molecule has 0 spiro atoms. The molecule has 39 heavy (non-hydrogen) atoms. The number of aryl methyl sites for hydroxylation is 1. The molecule has 1 N–H and O–H groups in total. The summed E-state index contributed by atoms with van der Waals surface area (Å²) in [5, 5.41) is 2.93. The Morgan fingerprint density at radius 2 is 1.67 bits per heavy atom. The van der Waals surface area contributed by atoms with Crippen LogP contribution in [-0.4, -0.2) is 56.8 Å². The monoisotopic (exact) mass is 547 g/mol. The number of fused-ring (bicyclic) bond motifs is 1. The second kappa shape index (κ2) is 11.6. The van der Waals surface area contributed by atoms with Crippen LogP contribution in [0, 0.1) is 12.8 Å². The first-order valence-corrected chi connectivity index (χ1v) is 14.7. The summed E-state index contributed by atoms with van der Waals surface area (Å²) in [6.07, 6.45) is 0.977. The van der Waals surface area contributed by atoms with Crippen LogP contribution < -0.4 is 15.0 Å². The molecule has 1 saturated heterocycles. The van der Waals surface area contributed by atoms with E-state index in [-0.39, 0.29) is 29.8 Å². The van der Waals surface area contributed by atoms with E-state index in [1.54, 1.807) is 47.4 Å². The Morgan fingerprint density at radius 3 is 2.44 bits per heavy atom. The van der Waals surface area contributed by atoms with Gasteiger partial charge in [0.1, 0.15) is 5.75 Å². The molecule has 2 unspecified atom stereocenters. The van der Waals surface area contributed by atoms with Gasteiger partial charge >= 0.3 is 0 Å². The predicted octanol–water partition coefficient (Wildman–Crippen LogP) is 3.55. The Bertz CT molecular complexity index is 1430. The van der Waals surface area contributed by atoms with Gasteiger partial charge in [0.15, 0.2) is 6.10 Å². The third kappa shape index (κ3) is 5.99. The largest absolute Gasteiger partial charge is 0.477 e. The number of nitrogens with zero attached hydrogens (tertiary/aromatic N) is 2. The molecule has 9 heteroatoms. The zero-order valence-corrected chi connectivity index (χ0v) is 22.8. The van der Waals surface area contributed by atoms with E-state index in [1.807, 2.05) is 43.3 Å². The van der Waals surface area contributed by atoms with Crippen molar-refractivity contribution in [3.8, 4) is 5.75 Å². The fourth-order valence-electron chi connectivity index (χ4n) is 5.11. The molecule has 2 aliphatic rings. The first-order valence-electron chi connectivity index (χ1n) is 13.3. The molecule has 1 fully saturated rings. The zero-order valence-electron chi connectivity index (χ0n) is 22.0. The molecule has 0 aliphatic carbocycles. The third-order valence-electron chi connectivity index (χ3n) is 7.28. The highest BCUT2D eigenvalue weighted by atomic mass is 32.2. The minimum atomic E-state index is -3.72. The molecular weight excluding hydrogens is 514 g/mol. The maximum absolute atomic E-state index is 13.9. The van der Waals surface area contributed by atoms with Gasteiger partial charge in [0.2, 0.25) is 15.9 Å². The number of para-hydroxylation sites is 2. The van der Waals surface area contributed by atoms with Gasteiger partial charge in [-0.05, 0) is 56.0 Å². The topological polar surface area (TPSA) is 96.0 Å². The highest BCUT2D eigenvalue weighted by Crippen LogP contribution is 2.35. The molecule has 2 atom stereocenters. The summed E-state index contributed by atoms with van der Waals surface area (Å²) in [6.45, 7) is 2.89. The molecule has 0 saturated carbocycles. The highest BCUT2D eigenvalue weighted by Gasteiger charge is 2.39. The van der Waals surface area contributed by atoms with Crippen molar-refractivity contribution in [3.63, 3.8) is 0 Å². The number of hydrogen-bond donors (Lipinski definition) is 1. The number of sulfonamides is 1. The number of amides is 2. The number of piperidine rings is 1. The predicted molar refractivity (Wildman–Crippen MR) is 149 cm³/mol. The first-order chi connectivity index (χ1) is 18.8. The van der Waals surface area contributed by atoms with Gasteiger partial charge in [0.25, 0.3) is 5.91 Å². The lowest BCUT2D eigenvalue weighted by Gasteiger charge is -2.38. The van der Waals surface area contributed by atoms with E-state index in [4.69, 9.17) is 4.74 Å². The summed E-state index contributed by atoms with van der Waals surface area (Å²) in [6, 6.07) is 23.8. The van der Waals surface area contributed by atoms with Crippen LogP contribution in [-0.2, 0) is 26.0 Å². The Labute approximate surface area is 229 Å². The number of carbonyl (C=O) groups excluding carboxylic acids is 2. The number of rotatable bonds is 7. The Morgan fingerprint density at radius 1 is 0.949 bits per heavy atom. The summed E-state index contributed by atoms with van der Waals surface area (Å²) >= 11 is 0. The second-order valence-electron chi connectivity index (χ2n) is 10.1. The van der Waals surface area contributed by atoms with E-state index in [9.17, 15) is 18.0 Å². The molecule has 0 aromatic heterocycles. The van der Waals surface area contributed by atoms with Gasteiger partial charge in [-0.25, -0.2) is 8.42 Å². The molecule has 204 valence electrons. The number of ether oxygens (including phenoxy) is 1. The Kier molecular flexibility index (Phi) is 7.99. The average Bonchev–Trinajstić information content (AvgIpc) is 2.97. The van der Waals surface area contributed by atoms with Crippen molar-refractivity contribution in [1.82, 2.24) is 9.62 Å². The van der Waals surface area contributed by atoms with Crippen molar-refractivity contribution < 1.29 is 22.7 Å². The summed E-state index contributed by atoms with van der Waals surface area (Å²) < 4.78 is 34.0. The van der Waals surface area contributed by atoms with Crippen molar-refractivity contribution in [2.24, 2.45) is 5.92 Å². The Hall–Kier alpha value is -3.69. The van der Waals surface area contributed by atoms with Crippen molar-refractivity contribution >= 4 is 27.5 Å². The van der Waals surface area contributed by atoms with E-state index in [1.165, 1.54) is 4.31 Å². The van der Waals surface area contributed by atoms with Crippen molar-refractivity contribution in [3.05, 3.63) is 90.0 Å². The maximum atomic E-state index is 13.9. The fourth-order valence-corrected chi connectivity index (χ4v) is 6.63. The quantitative estimate of drug-likeness (QED) is 0.488. The van der Waals surface area contributed by atoms with Crippen LogP contribution >= 0.6 is 0 Å². The zero-order chi connectivity index (χ0) is 27.4. The molecule has 5 rings (SSSR count). The van der Waals surface area contributed by atoms with Crippen LogP contribution in [0.25, 0.3) is 0 Å². The Balaban J connectivity index is 1.29. The molecule has 3 aromatic carbocycles. The van der Waals surface area contributed by atoms with Crippen LogP contribution in [0.4, 0.5) is 5.69 Å². The number of carbonyl (C=O) groups is 2. The number of hydrogen-bond acceptors (Lipinski definition) is 5. The van der Waals surface area contributed by atoms with E-state index in [0.29, 0.717) is 43.8 Å². The van der Waals surface area contributed by atoms with E-state index in [2.05, 4.69) is 5.32 Å². The summed E-state index contributed by atoms with van der Waals surface area (Å²) in [4.78, 5) is 28.7. The first kappa shape index (κ1) is 26.9. The minimum absolute atomic E-state index is 0.0637. The average molecular weight is 548 g/mol. The van der Waals surface area contributed by atoms with Gasteiger partial charge in [-0.3, -0.25) is 9.59 Å². The van der Waals surface area contributed by atoms with Crippen LogP contribution in [0.1, 0.15) is 24.0 Å². The van der Waals surface area contributed by atoms with E-state index < -0.39 is 22.0 Å². The molecule has 3 aromatic rings. The third-order valence-corrected chi connectivity index (χ3v) is 9.16. The lowest BCUT2D eigenvalue weighted by atomic mass is 9.97. The number of nitrogens with one attached hydrogen (secondary N) is 1. The molecular formula is C30H33N3O5S. The lowest BCUT2D eigenvalue weighted by Crippen LogP contribution is -2.54. The van der Waals surface area contributed by atoms with Crippen LogP contribution in [0.2, 0.25) is 0 Å². The molecule has 0 bridgehead atoms. The number of anilines is 1. The van der Waals surface area contributed by atoms with Gasteiger partial charge in [0, 0.05) is 19.6 Å². The van der Waals surface area contributed by atoms with E-state index >= 15 is 0 Å². The smallest absolute Gasteiger partial charge is 0.262 e. The minimum Gasteiger partial charge on any atom is -0.477 e.